The molecule has 1 spiro atoms. The number of amides is 1. The van der Waals surface area contributed by atoms with Gasteiger partial charge in [-0.2, -0.15) is 0 Å². The lowest BCUT2D eigenvalue weighted by Crippen LogP contribution is -2.61. The minimum Gasteiger partial charge on any atom is -0.342 e. The van der Waals surface area contributed by atoms with Crippen molar-refractivity contribution in [2.45, 2.75) is 59.8 Å². The third-order valence-electron chi connectivity index (χ3n) is 5.54. The summed E-state index contributed by atoms with van der Waals surface area (Å²) in [6.07, 6.45) is 6.09. The lowest BCUT2D eigenvalue weighted by atomic mass is 9.71. The van der Waals surface area contributed by atoms with E-state index in [0.717, 1.165) is 25.4 Å². The van der Waals surface area contributed by atoms with Gasteiger partial charge in [0.05, 0.1) is 0 Å². The van der Waals surface area contributed by atoms with Crippen LogP contribution in [0.15, 0.2) is 0 Å². The standard InChI is InChI=1S/C18H34N2O/c1-5-16(4)17(21)20-11-8-18(9-12-20)13-19(14-18)10-6-7-15(2)3/h15-16H,5-14H2,1-4H3. The van der Waals surface area contributed by atoms with Crippen molar-refractivity contribution < 1.29 is 4.79 Å². The van der Waals surface area contributed by atoms with Crippen LogP contribution in [0.1, 0.15) is 59.8 Å². The first kappa shape index (κ1) is 16.8. The smallest absolute Gasteiger partial charge is 0.225 e. The summed E-state index contributed by atoms with van der Waals surface area (Å²) in [4.78, 5) is 17.0. The Morgan fingerprint density at radius 3 is 2.29 bits per heavy atom. The first-order valence-corrected chi connectivity index (χ1v) is 8.97. The largest absolute Gasteiger partial charge is 0.342 e. The van der Waals surface area contributed by atoms with Gasteiger partial charge in [-0.3, -0.25) is 4.79 Å². The fourth-order valence-electron chi connectivity index (χ4n) is 3.79. The number of likely N-dealkylation sites (tertiary alicyclic amines) is 2. The number of carbonyl (C=O) groups excluding carboxylic acids is 1. The van der Waals surface area contributed by atoms with Crippen molar-refractivity contribution in [3.63, 3.8) is 0 Å². The Morgan fingerprint density at radius 1 is 1.14 bits per heavy atom. The summed E-state index contributed by atoms with van der Waals surface area (Å²) < 4.78 is 0. The highest BCUT2D eigenvalue weighted by molar-refractivity contribution is 5.78. The van der Waals surface area contributed by atoms with E-state index in [4.69, 9.17) is 0 Å². The van der Waals surface area contributed by atoms with Crippen molar-refractivity contribution in [3.05, 3.63) is 0 Å². The number of nitrogens with zero attached hydrogens (tertiary/aromatic N) is 2. The molecule has 2 saturated heterocycles. The summed E-state index contributed by atoms with van der Waals surface area (Å²) in [5.41, 5.74) is 0.546. The second-order valence-corrected chi connectivity index (χ2v) is 7.88. The van der Waals surface area contributed by atoms with E-state index < -0.39 is 0 Å². The van der Waals surface area contributed by atoms with Crippen LogP contribution in [-0.2, 0) is 4.79 Å². The minimum atomic E-state index is 0.202. The molecule has 0 aromatic rings. The third kappa shape index (κ3) is 4.21. The highest BCUT2D eigenvalue weighted by atomic mass is 16.2. The second kappa shape index (κ2) is 7.13. The number of hydrogen-bond donors (Lipinski definition) is 0. The molecule has 0 aromatic heterocycles. The zero-order chi connectivity index (χ0) is 15.5. The molecule has 3 heteroatoms. The van der Waals surface area contributed by atoms with Gasteiger partial charge in [-0.25, -0.2) is 0 Å². The van der Waals surface area contributed by atoms with E-state index in [2.05, 4.69) is 37.5 Å². The summed E-state index contributed by atoms with van der Waals surface area (Å²) in [5.74, 6) is 1.41. The Balaban J connectivity index is 1.67. The second-order valence-electron chi connectivity index (χ2n) is 7.88. The molecule has 2 heterocycles. The van der Waals surface area contributed by atoms with Gasteiger partial charge in [0.15, 0.2) is 0 Å². The number of hydrogen-bond acceptors (Lipinski definition) is 2. The highest BCUT2D eigenvalue weighted by Crippen LogP contribution is 2.40. The molecule has 0 aliphatic carbocycles. The van der Waals surface area contributed by atoms with Crippen LogP contribution in [0.2, 0.25) is 0 Å². The van der Waals surface area contributed by atoms with Gasteiger partial charge in [0.25, 0.3) is 0 Å². The van der Waals surface area contributed by atoms with E-state index in [1.54, 1.807) is 0 Å². The highest BCUT2D eigenvalue weighted by Gasteiger charge is 2.45. The zero-order valence-electron chi connectivity index (χ0n) is 14.5. The quantitative estimate of drug-likeness (QED) is 0.749. The molecule has 1 unspecified atom stereocenters. The number of rotatable bonds is 6. The molecule has 122 valence electrons. The zero-order valence-corrected chi connectivity index (χ0v) is 14.5. The molecular formula is C18H34N2O. The van der Waals surface area contributed by atoms with Crippen molar-refractivity contribution in [1.82, 2.24) is 9.80 Å². The van der Waals surface area contributed by atoms with Crippen LogP contribution in [0.25, 0.3) is 0 Å². The monoisotopic (exact) mass is 294 g/mol. The maximum atomic E-state index is 12.2. The van der Waals surface area contributed by atoms with Crippen LogP contribution in [0.3, 0.4) is 0 Å². The molecule has 2 aliphatic rings. The molecule has 0 N–H and O–H groups in total. The van der Waals surface area contributed by atoms with Gasteiger partial charge in [0, 0.05) is 32.1 Å². The molecule has 0 radical (unpaired) electrons. The molecule has 0 saturated carbocycles. The first-order chi connectivity index (χ1) is 9.96. The van der Waals surface area contributed by atoms with Gasteiger partial charge in [-0.15, -0.1) is 0 Å². The van der Waals surface area contributed by atoms with Gasteiger partial charge in [0.1, 0.15) is 0 Å². The average molecular weight is 294 g/mol. The van der Waals surface area contributed by atoms with Crippen molar-refractivity contribution >= 4 is 5.91 Å². The fourth-order valence-corrected chi connectivity index (χ4v) is 3.79. The topological polar surface area (TPSA) is 23.6 Å². The van der Waals surface area contributed by atoms with E-state index in [-0.39, 0.29) is 5.92 Å². The molecule has 2 aliphatic heterocycles. The van der Waals surface area contributed by atoms with Gasteiger partial charge in [-0.1, -0.05) is 27.7 Å². The molecule has 21 heavy (non-hydrogen) atoms. The van der Waals surface area contributed by atoms with Crippen molar-refractivity contribution in [2.75, 3.05) is 32.7 Å². The lowest BCUT2D eigenvalue weighted by molar-refractivity contribution is -0.140. The summed E-state index contributed by atoms with van der Waals surface area (Å²) in [6, 6.07) is 0. The van der Waals surface area contributed by atoms with Crippen LogP contribution >= 0.6 is 0 Å². The number of carbonyl (C=O) groups is 1. The van der Waals surface area contributed by atoms with E-state index in [9.17, 15) is 4.79 Å². The maximum Gasteiger partial charge on any atom is 0.225 e. The van der Waals surface area contributed by atoms with Crippen molar-refractivity contribution in [1.29, 1.82) is 0 Å². The van der Waals surface area contributed by atoms with Crippen LogP contribution in [0, 0.1) is 17.3 Å². The number of piperidine rings is 1. The van der Waals surface area contributed by atoms with Crippen LogP contribution < -0.4 is 0 Å². The molecule has 0 aromatic carbocycles. The summed E-state index contributed by atoms with van der Waals surface area (Å²) >= 11 is 0. The van der Waals surface area contributed by atoms with Gasteiger partial charge in [-0.05, 0) is 50.0 Å². The first-order valence-electron chi connectivity index (χ1n) is 8.97. The summed E-state index contributed by atoms with van der Waals surface area (Å²) in [6.45, 7) is 14.6. The minimum absolute atomic E-state index is 0.202. The molecule has 2 fully saturated rings. The van der Waals surface area contributed by atoms with E-state index in [0.29, 0.717) is 11.3 Å². The van der Waals surface area contributed by atoms with E-state index in [1.165, 1.54) is 45.3 Å². The molecule has 1 amide bonds. The summed E-state index contributed by atoms with van der Waals surface area (Å²) in [7, 11) is 0. The van der Waals surface area contributed by atoms with Gasteiger partial charge in [0.2, 0.25) is 5.91 Å². The maximum absolute atomic E-state index is 12.2. The fraction of sp³-hybridized carbons (Fsp3) is 0.944. The molecule has 2 rings (SSSR count). The molecule has 0 bridgehead atoms. The predicted octanol–water partition coefficient (Wildman–Crippen LogP) is 3.39. The predicted molar refractivity (Wildman–Crippen MR) is 88.2 cm³/mol. The molecular weight excluding hydrogens is 260 g/mol. The normalized spacial score (nSPS) is 23.4. The molecule has 1 atom stereocenters. The van der Waals surface area contributed by atoms with Crippen LogP contribution in [-0.4, -0.2) is 48.4 Å². The van der Waals surface area contributed by atoms with Gasteiger partial charge < -0.3 is 9.80 Å². The van der Waals surface area contributed by atoms with Crippen molar-refractivity contribution in [3.8, 4) is 0 Å². The Bertz CT molecular complexity index is 337. The van der Waals surface area contributed by atoms with Crippen LogP contribution in [0.4, 0.5) is 0 Å². The Labute approximate surface area is 131 Å². The lowest BCUT2D eigenvalue weighted by Gasteiger charge is -2.54. The Hall–Kier alpha value is -0.570. The SMILES string of the molecule is CCC(C)C(=O)N1CCC2(CC1)CN(CCCC(C)C)C2. The third-order valence-corrected chi connectivity index (χ3v) is 5.54. The Kier molecular flexibility index (Phi) is 5.70. The van der Waals surface area contributed by atoms with Crippen molar-refractivity contribution in [2.24, 2.45) is 17.3 Å². The summed E-state index contributed by atoms with van der Waals surface area (Å²) in [5, 5.41) is 0. The Morgan fingerprint density at radius 2 is 1.76 bits per heavy atom. The van der Waals surface area contributed by atoms with Crippen LogP contribution in [0.5, 0.6) is 0 Å². The van der Waals surface area contributed by atoms with E-state index in [1.807, 2.05) is 0 Å². The average Bonchev–Trinajstić information content (AvgIpc) is 2.44. The van der Waals surface area contributed by atoms with E-state index >= 15 is 0 Å². The molecule has 3 nitrogen and oxygen atoms in total. The van der Waals surface area contributed by atoms with Gasteiger partial charge >= 0.3 is 0 Å².